The summed E-state index contributed by atoms with van der Waals surface area (Å²) in [5.74, 6) is 1.26. The molecule has 7 nitrogen and oxygen atoms in total. The maximum absolute atomic E-state index is 13.5. The minimum Gasteiger partial charge on any atom is -0.497 e. The molecule has 160 valence electrons. The minimum absolute atomic E-state index is 0.0846. The first-order valence-electron chi connectivity index (χ1n) is 10.1. The molecule has 3 aromatic rings. The van der Waals surface area contributed by atoms with Crippen molar-refractivity contribution < 1.29 is 13.9 Å². The van der Waals surface area contributed by atoms with Gasteiger partial charge < -0.3 is 19.9 Å². The summed E-state index contributed by atoms with van der Waals surface area (Å²) < 4.78 is 18.7. The summed E-state index contributed by atoms with van der Waals surface area (Å²) >= 11 is 0. The molecule has 0 bridgehead atoms. The lowest BCUT2D eigenvalue weighted by atomic mass is 10.1. The topological polar surface area (TPSA) is 70.6 Å². The zero-order valence-electron chi connectivity index (χ0n) is 17.3. The number of benzene rings is 2. The quantitative estimate of drug-likeness (QED) is 0.684. The van der Waals surface area contributed by atoms with Crippen molar-refractivity contribution in [1.29, 1.82) is 0 Å². The number of ether oxygens (including phenoxy) is 1. The highest BCUT2D eigenvalue weighted by Crippen LogP contribution is 2.22. The second kappa shape index (κ2) is 9.42. The number of carbonyl (C=O) groups excluding carboxylic acids is 1. The van der Waals surface area contributed by atoms with Gasteiger partial charge in [0, 0.05) is 44.4 Å². The van der Waals surface area contributed by atoms with Gasteiger partial charge in [-0.05, 0) is 29.8 Å². The van der Waals surface area contributed by atoms with Gasteiger partial charge in [-0.2, -0.15) is 0 Å². The Balaban J connectivity index is 1.32. The molecular formula is C23H24FN5O2. The molecule has 0 atom stereocenters. The molecule has 1 aromatic heterocycles. The highest BCUT2D eigenvalue weighted by Gasteiger charge is 2.22. The zero-order chi connectivity index (χ0) is 21.6. The SMILES string of the molecule is COc1ccc(CNC(=O)N2CCN(c3cc(-c4cccc(F)c4)ncn3)CC2)cc1. The third kappa shape index (κ3) is 5.09. The average Bonchev–Trinajstić information content (AvgIpc) is 2.83. The number of aromatic nitrogens is 2. The van der Waals surface area contributed by atoms with Crippen LogP contribution in [0.2, 0.25) is 0 Å². The van der Waals surface area contributed by atoms with Crippen molar-refractivity contribution in [2.45, 2.75) is 6.54 Å². The minimum atomic E-state index is -0.299. The van der Waals surface area contributed by atoms with Crippen LogP contribution in [-0.2, 0) is 6.54 Å². The van der Waals surface area contributed by atoms with Crippen LogP contribution in [-0.4, -0.2) is 54.2 Å². The van der Waals surface area contributed by atoms with Gasteiger partial charge in [0.25, 0.3) is 0 Å². The lowest BCUT2D eigenvalue weighted by Gasteiger charge is -2.35. The van der Waals surface area contributed by atoms with E-state index in [1.54, 1.807) is 18.1 Å². The fourth-order valence-corrected chi connectivity index (χ4v) is 3.50. The lowest BCUT2D eigenvalue weighted by molar-refractivity contribution is 0.194. The van der Waals surface area contributed by atoms with Crippen LogP contribution in [0.15, 0.2) is 60.9 Å². The molecule has 0 unspecified atom stereocenters. The van der Waals surface area contributed by atoms with Crippen LogP contribution in [0.3, 0.4) is 0 Å². The van der Waals surface area contributed by atoms with E-state index in [1.807, 2.05) is 36.4 Å². The van der Waals surface area contributed by atoms with Crippen molar-refractivity contribution >= 4 is 11.8 Å². The maximum Gasteiger partial charge on any atom is 0.317 e. The van der Waals surface area contributed by atoms with Crippen molar-refractivity contribution in [3.8, 4) is 17.0 Å². The molecule has 1 N–H and O–H groups in total. The maximum atomic E-state index is 13.5. The third-order valence-corrected chi connectivity index (χ3v) is 5.27. The predicted octanol–water partition coefficient (Wildman–Crippen LogP) is 3.32. The Morgan fingerprint density at radius 1 is 1.06 bits per heavy atom. The molecule has 8 heteroatoms. The lowest BCUT2D eigenvalue weighted by Crippen LogP contribution is -2.51. The normalized spacial score (nSPS) is 13.7. The van der Waals surface area contributed by atoms with Gasteiger partial charge in [0.2, 0.25) is 0 Å². The van der Waals surface area contributed by atoms with Gasteiger partial charge in [-0.15, -0.1) is 0 Å². The Hall–Kier alpha value is -3.68. The van der Waals surface area contributed by atoms with Crippen LogP contribution in [0.4, 0.5) is 15.0 Å². The van der Waals surface area contributed by atoms with Crippen molar-refractivity contribution in [3.63, 3.8) is 0 Å². The van der Waals surface area contributed by atoms with Gasteiger partial charge in [-0.25, -0.2) is 19.2 Å². The smallest absolute Gasteiger partial charge is 0.317 e. The Kier molecular flexibility index (Phi) is 6.26. The molecule has 31 heavy (non-hydrogen) atoms. The van der Waals surface area contributed by atoms with Gasteiger partial charge >= 0.3 is 6.03 Å². The highest BCUT2D eigenvalue weighted by atomic mass is 19.1. The number of amides is 2. The van der Waals surface area contributed by atoms with E-state index >= 15 is 0 Å². The van der Waals surface area contributed by atoms with E-state index < -0.39 is 0 Å². The van der Waals surface area contributed by atoms with Crippen LogP contribution in [0.1, 0.15) is 5.56 Å². The van der Waals surface area contributed by atoms with Gasteiger partial charge in [0.1, 0.15) is 23.7 Å². The Morgan fingerprint density at radius 2 is 1.84 bits per heavy atom. The number of piperazine rings is 1. The number of rotatable bonds is 5. The summed E-state index contributed by atoms with van der Waals surface area (Å²) in [5.41, 5.74) is 2.39. The molecule has 1 fully saturated rings. The van der Waals surface area contributed by atoms with Gasteiger partial charge in [-0.3, -0.25) is 0 Å². The summed E-state index contributed by atoms with van der Waals surface area (Å²) in [5, 5.41) is 2.96. The number of nitrogens with one attached hydrogen (secondary N) is 1. The highest BCUT2D eigenvalue weighted by molar-refractivity contribution is 5.74. The van der Waals surface area contributed by atoms with Crippen LogP contribution in [0.25, 0.3) is 11.3 Å². The molecule has 4 rings (SSSR count). The molecule has 2 aromatic carbocycles. The van der Waals surface area contributed by atoms with Crippen molar-refractivity contribution in [3.05, 3.63) is 72.3 Å². The summed E-state index contributed by atoms with van der Waals surface area (Å²) in [7, 11) is 1.63. The standard InChI is InChI=1S/C23H24FN5O2/c1-31-20-7-5-17(6-8-20)15-25-23(30)29-11-9-28(10-12-29)22-14-21(26-16-27-22)18-3-2-4-19(24)13-18/h2-8,13-14,16H,9-12,15H2,1H3,(H,25,30). The van der Waals surface area contributed by atoms with E-state index in [0.29, 0.717) is 44.0 Å². The molecule has 1 aliphatic heterocycles. The van der Waals surface area contributed by atoms with Crippen molar-refractivity contribution in [2.75, 3.05) is 38.2 Å². The Morgan fingerprint density at radius 3 is 2.55 bits per heavy atom. The Bertz CT molecular complexity index is 1040. The fraction of sp³-hybridized carbons (Fsp3) is 0.261. The number of carbonyl (C=O) groups is 1. The van der Waals surface area contributed by atoms with Crippen LogP contribution in [0, 0.1) is 5.82 Å². The predicted molar refractivity (Wildman–Crippen MR) is 116 cm³/mol. The molecule has 0 saturated carbocycles. The third-order valence-electron chi connectivity index (χ3n) is 5.27. The molecule has 2 amide bonds. The number of urea groups is 1. The van der Waals surface area contributed by atoms with Crippen molar-refractivity contribution in [2.24, 2.45) is 0 Å². The van der Waals surface area contributed by atoms with E-state index in [-0.39, 0.29) is 11.8 Å². The average molecular weight is 421 g/mol. The largest absolute Gasteiger partial charge is 0.497 e. The molecule has 1 saturated heterocycles. The molecular weight excluding hydrogens is 397 g/mol. The second-order valence-corrected chi connectivity index (χ2v) is 7.25. The first kappa shape index (κ1) is 20.6. The zero-order valence-corrected chi connectivity index (χ0v) is 17.3. The van der Waals surface area contributed by atoms with E-state index in [1.165, 1.54) is 18.5 Å². The van der Waals surface area contributed by atoms with Crippen molar-refractivity contribution in [1.82, 2.24) is 20.2 Å². The summed E-state index contributed by atoms with van der Waals surface area (Å²) in [6.45, 7) is 2.97. The van der Waals surface area contributed by atoms with E-state index in [9.17, 15) is 9.18 Å². The fourth-order valence-electron chi connectivity index (χ4n) is 3.50. The molecule has 2 heterocycles. The number of nitrogens with zero attached hydrogens (tertiary/aromatic N) is 4. The van der Waals surface area contributed by atoms with E-state index in [0.717, 1.165) is 17.1 Å². The summed E-state index contributed by atoms with van der Waals surface area (Å²) in [6.07, 6.45) is 1.49. The number of hydrogen-bond donors (Lipinski definition) is 1. The second-order valence-electron chi connectivity index (χ2n) is 7.25. The number of hydrogen-bond acceptors (Lipinski definition) is 5. The molecule has 0 spiro atoms. The van der Waals surface area contributed by atoms with Crippen LogP contribution < -0.4 is 15.0 Å². The molecule has 0 radical (unpaired) electrons. The van der Waals surface area contributed by atoms with Crippen LogP contribution >= 0.6 is 0 Å². The number of anilines is 1. The molecule has 1 aliphatic rings. The monoisotopic (exact) mass is 421 g/mol. The first-order valence-corrected chi connectivity index (χ1v) is 10.1. The van der Waals surface area contributed by atoms with Gasteiger partial charge in [-0.1, -0.05) is 24.3 Å². The van der Waals surface area contributed by atoms with Gasteiger partial charge in [0.05, 0.1) is 12.8 Å². The van der Waals surface area contributed by atoms with Gasteiger partial charge in [0.15, 0.2) is 0 Å². The van der Waals surface area contributed by atoms with E-state index in [2.05, 4.69) is 20.2 Å². The summed E-state index contributed by atoms with van der Waals surface area (Å²) in [4.78, 5) is 25.1. The molecule has 0 aliphatic carbocycles. The van der Waals surface area contributed by atoms with Crippen LogP contribution in [0.5, 0.6) is 5.75 Å². The summed E-state index contributed by atoms with van der Waals surface area (Å²) in [6, 6.07) is 15.7. The van der Waals surface area contributed by atoms with E-state index in [4.69, 9.17) is 4.74 Å². The first-order chi connectivity index (χ1) is 15.1. The Labute approximate surface area is 180 Å². The number of methoxy groups -OCH3 is 1. The number of halogens is 1.